The Morgan fingerprint density at radius 3 is 2.20 bits per heavy atom. The number of Topliss-reactive ketones (excluding diaryl/α,β-unsaturated/α-hetero) is 2. The molecule has 0 aromatic heterocycles. The third-order valence-corrected chi connectivity index (χ3v) is 2.36. The van der Waals surface area contributed by atoms with Gasteiger partial charge in [-0.05, 0) is 31.9 Å². The van der Waals surface area contributed by atoms with Crippen LogP contribution in [0.4, 0.5) is 4.39 Å². The average Bonchev–Trinajstić information content (AvgIpc) is 2.15. The minimum Gasteiger partial charge on any atom is -0.299 e. The molecule has 0 aliphatic rings. The Labute approximate surface area is 88.1 Å². The largest absolute Gasteiger partial charge is 0.299 e. The van der Waals surface area contributed by atoms with Gasteiger partial charge in [0.05, 0.1) is 5.92 Å². The van der Waals surface area contributed by atoms with E-state index in [1.807, 2.05) is 0 Å². The lowest BCUT2D eigenvalue weighted by Gasteiger charge is -2.10. The van der Waals surface area contributed by atoms with Crippen molar-refractivity contribution in [3.63, 3.8) is 0 Å². The first-order valence-electron chi connectivity index (χ1n) is 4.76. The SMILES string of the molecule is CC(=O)C(Cc1ccccc1F)C(C)=O. The number of rotatable bonds is 4. The summed E-state index contributed by atoms with van der Waals surface area (Å²) in [6, 6.07) is 6.19. The van der Waals surface area contributed by atoms with Gasteiger partial charge in [0.2, 0.25) is 0 Å². The summed E-state index contributed by atoms with van der Waals surface area (Å²) in [6.07, 6.45) is 0.150. The van der Waals surface area contributed by atoms with Gasteiger partial charge in [0, 0.05) is 0 Å². The fourth-order valence-corrected chi connectivity index (χ4v) is 1.46. The smallest absolute Gasteiger partial charge is 0.140 e. The highest BCUT2D eigenvalue weighted by Gasteiger charge is 2.20. The number of carbonyl (C=O) groups is 2. The molecule has 80 valence electrons. The zero-order valence-corrected chi connectivity index (χ0v) is 8.79. The standard InChI is InChI=1S/C12H13FO2/c1-8(14)11(9(2)15)7-10-5-3-4-6-12(10)13/h3-6,11H,7H2,1-2H3. The molecule has 0 unspecified atom stereocenters. The zero-order chi connectivity index (χ0) is 11.4. The summed E-state index contributed by atoms with van der Waals surface area (Å²) in [4.78, 5) is 22.3. The van der Waals surface area contributed by atoms with Crippen molar-refractivity contribution in [3.05, 3.63) is 35.6 Å². The third-order valence-electron chi connectivity index (χ3n) is 2.36. The topological polar surface area (TPSA) is 34.1 Å². The summed E-state index contributed by atoms with van der Waals surface area (Å²) in [7, 11) is 0. The summed E-state index contributed by atoms with van der Waals surface area (Å²) in [5.74, 6) is -1.52. The molecule has 0 amide bonds. The first-order valence-corrected chi connectivity index (χ1v) is 4.76. The van der Waals surface area contributed by atoms with E-state index in [1.165, 1.54) is 19.9 Å². The highest BCUT2D eigenvalue weighted by Crippen LogP contribution is 2.14. The molecule has 0 bridgehead atoms. The second kappa shape index (κ2) is 4.82. The predicted molar refractivity (Wildman–Crippen MR) is 55.0 cm³/mol. The van der Waals surface area contributed by atoms with Gasteiger partial charge < -0.3 is 0 Å². The van der Waals surface area contributed by atoms with Crippen LogP contribution in [0.2, 0.25) is 0 Å². The zero-order valence-electron chi connectivity index (χ0n) is 8.79. The fourth-order valence-electron chi connectivity index (χ4n) is 1.46. The highest BCUT2D eigenvalue weighted by atomic mass is 19.1. The van der Waals surface area contributed by atoms with E-state index in [1.54, 1.807) is 18.2 Å². The Morgan fingerprint density at radius 1 is 1.20 bits per heavy atom. The van der Waals surface area contributed by atoms with Crippen molar-refractivity contribution in [3.8, 4) is 0 Å². The first kappa shape index (κ1) is 11.6. The maximum atomic E-state index is 13.3. The normalized spacial score (nSPS) is 10.4. The molecule has 0 heterocycles. The highest BCUT2D eigenvalue weighted by molar-refractivity contribution is 6.00. The van der Waals surface area contributed by atoms with Crippen molar-refractivity contribution < 1.29 is 14.0 Å². The summed E-state index contributed by atoms with van der Waals surface area (Å²) in [6.45, 7) is 2.71. The van der Waals surface area contributed by atoms with Gasteiger partial charge in [0.1, 0.15) is 17.4 Å². The number of ketones is 2. The molecule has 0 fully saturated rings. The Kier molecular flexibility index (Phi) is 3.72. The molecule has 0 N–H and O–H groups in total. The van der Waals surface area contributed by atoms with Gasteiger partial charge in [-0.25, -0.2) is 4.39 Å². The van der Waals surface area contributed by atoms with Gasteiger partial charge in [-0.2, -0.15) is 0 Å². The third kappa shape index (κ3) is 2.98. The van der Waals surface area contributed by atoms with Crippen molar-refractivity contribution in [2.45, 2.75) is 20.3 Å². The molecule has 0 saturated heterocycles. The van der Waals surface area contributed by atoms with Crippen LogP contribution in [0.25, 0.3) is 0 Å². The summed E-state index contributed by atoms with van der Waals surface area (Å²) < 4.78 is 13.3. The quantitative estimate of drug-likeness (QED) is 0.710. The van der Waals surface area contributed by atoms with Gasteiger partial charge in [-0.3, -0.25) is 9.59 Å². The van der Waals surface area contributed by atoms with Crippen molar-refractivity contribution in [1.82, 2.24) is 0 Å². The van der Waals surface area contributed by atoms with Crippen molar-refractivity contribution >= 4 is 11.6 Å². The molecule has 0 spiro atoms. The maximum Gasteiger partial charge on any atom is 0.140 e. The van der Waals surface area contributed by atoms with E-state index in [2.05, 4.69) is 0 Å². The summed E-state index contributed by atoms with van der Waals surface area (Å²) in [5.41, 5.74) is 0.410. The van der Waals surface area contributed by atoms with Crippen LogP contribution < -0.4 is 0 Å². The molecule has 0 atom stereocenters. The van der Waals surface area contributed by atoms with Gasteiger partial charge in [-0.1, -0.05) is 18.2 Å². The Morgan fingerprint density at radius 2 is 1.73 bits per heavy atom. The molecule has 0 radical (unpaired) electrons. The Balaban J connectivity index is 2.88. The van der Waals surface area contributed by atoms with E-state index >= 15 is 0 Å². The maximum absolute atomic E-state index is 13.3. The second-order valence-corrected chi connectivity index (χ2v) is 3.57. The van der Waals surface area contributed by atoms with Crippen LogP contribution in [-0.4, -0.2) is 11.6 Å². The van der Waals surface area contributed by atoms with E-state index in [4.69, 9.17) is 0 Å². The molecule has 0 aliphatic heterocycles. The van der Waals surface area contributed by atoms with Gasteiger partial charge >= 0.3 is 0 Å². The van der Waals surface area contributed by atoms with E-state index < -0.39 is 5.92 Å². The van der Waals surface area contributed by atoms with Crippen LogP contribution in [-0.2, 0) is 16.0 Å². The van der Waals surface area contributed by atoms with E-state index in [0.29, 0.717) is 5.56 Å². The number of benzene rings is 1. The minimum atomic E-state index is -0.720. The number of hydrogen-bond donors (Lipinski definition) is 0. The van der Waals surface area contributed by atoms with Crippen molar-refractivity contribution in [1.29, 1.82) is 0 Å². The van der Waals surface area contributed by atoms with Crippen molar-refractivity contribution in [2.24, 2.45) is 5.92 Å². The molecule has 1 aromatic rings. The lowest BCUT2D eigenvalue weighted by Crippen LogP contribution is -2.22. The Bertz CT molecular complexity index is 371. The Hall–Kier alpha value is -1.51. The summed E-state index contributed by atoms with van der Waals surface area (Å²) >= 11 is 0. The van der Waals surface area contributed by atoms with E-state index in [0.717, 1.165) is 0 Å². The lowest BCUT2D eigenvalue weighted by atomic mass is 9.92. The fraction of sp³-hybridized carbons (Fsp3) is 0.333. The predicted octanol–water partition coefficient (Wildman–Crippen LogP) is 2.16. The van der Waals surface area contributed by atoms with E-state index in [9.17, 15) is 14.0 Å². The van der Waals surface area contributed by atoms with Crippen LogP contribution in [0, 0.1) is 11.7 Å². The number of hydrogen-bond acceptors (Lipinski definition) is 2. The lowest BCUT2D eigenvalue weighted by molar-refractivity contribution is -0.130. The number of halogens is 1. The molecule has 2 nitrogen and oxygen atoms in total. The van der Waals surface area contributed by atoms with Crippen molar-refractivity contribution in [2.75, 3.05) is 0 Å². The molecule has 1 aromatic carbocycles. The van der Waals surface area contributed by atoms with Gasteiger partial charge in [-0.15, -0.1) is 0 Å². The second-order valence-electron chi connectivity index (χ2n) is 3.57. The molecule has 1 rings (SSSR count). The van der Waals surface area contributed by atoms with E-state index in [-0.39, 0.29) is 23.8 Å². The van der Waals surface area contributed by atoms with Crippen LogP contribution in [0.15, 0.2) is 24.3 Å². The molecular weight excluding hydrogens is 195 g/mol. The first-order chi connectivity index (χ1) is 7.02. The van der Waals surface area contributed by atoms with Crippen LogP contribution >= 0.6 is 0 Å². The van der Waals surface area contributed by atoms with Crippen LogP contribution in [0.5, 0.6) is 0 Å². The van der Waals surface area contributed by atoms with Crippen LogP contribution in [0.1, 0.15) is 19.4 Å². The molecule has 15 heavy (non-hydrogen) atoms. The minimum absolute atomic E-state index is 0.150. The molecule has 0 aliphatic carbocycles. The molecular formula is C12H13FO2. The summed E-state index contributed by atoms with van der Waals surface area (Å²) in [5, 5.41) is 0. The van der Waals surface area contributed by atoms with Gasteiger partial charge in [0.15, 0.2) is 0 Å². The monoisotopic (exact) mass is 208 g/mol. The number of carbonyl (C=O) groups excluding carboxylic acids is 2. The van der Waals surface area contributed by atoms with Crippen LogP contribution in [0.3, 0.4) is 0 Å². The molecule has 0 saturated carbocycles. The van der Waals surface area contributed by atoms with Gasteiger partial charge in [0.25, 0.3) is 0 Å². The average molecular weight is 208 g/mol. The molecule has 3 heteroatoms.